The van der Waals surface area contributed by atoms with Crippen molar-refractivity contribution in [3.63, 3.8) is 0 Å². The van der Waals surface area contributed by atoms with Gasteiger partial charge < -0.3 is 4.74 Å². The molecule has 0 fully saturated rings. The first-order chi connectivity index (χ1) is 32.5. The van der Waals surface area contributed by atoms with Crippen molar-refractivity contribution in [2.24, 2.45) is 0 Å². The fourth-order valence-electron chi connectivity index (χ4n) is 7.47. The Hall–Kier alpha value is -6.69. The molecule has 1 heterocycles. The number of esters is 1. The van der Waals surface area contributed by atoms with E-state index in [1.807, 2.05) is 41.1 Å². The van der Waals surface area contributed by atoms with Crippen LogP contribution >= 0.6 is 0 Å². The molecule has 368 valence electrons. The molecule has 0 saturated heterocycles. The van der Waals surface area contributed by atoms with Gasteiger partial charge in [0.1, 0.15) is 58.9 Å². The molecule has 6 aromatic rings. The van der Waals surface area contributed by atoms with Crippen LogP contribution in [0.3, 0.4) is 0 Å². The van der Waals surface area contributed by atoms with E-state index in [0.29, 0.717) is 18.8 Å². The highest BCUT2D eigenvalue weighted by molar-refractivity contribution is 7.20. The number of benzene rings is 5. The third-order valence-electron chi connectivity index (χ3n) is 10.7. The molecule has 0 unspecified atom stereocenters. The number of nitrogens with zero attached hydrogens (tertiary/aromatic N) is 2. The number of hydrogen-bond donors (Lipinski definition) is 0. The van der Waals surface area contributed by atoms with Crippen molar-refractivity contribution >= 4 is 34.0 Å². The third-order valence-corrected chi connectivity index (χ3v) is 10.7. The van der Waals surface area contributed by atoms with Gasteiger partial charge in [-0.2, -0.15) is 4.57 Å². The van der Waals surface area contributed by atoms with Gasteiger partial charge in [0.05, 0.1) is 12.8 Å². The van der Waals surface area contributed by atoms with Crippen molar-refractivity contribution in [1.29, 1.82) is 0 Å². The highest BCUT2D eigenvalue weighted by Gasteiger charge is 2.52. The lowest BCUT2D eigenvalue weighted by Gasteiger charge is -2.44. The molecule has 69 heavy (non-hydrogen) atoms. The van der Waals surface area contributed by atoms with E-state index in [-0.39, 0.29) is 5.97 Å². The quantitative estimate of drug-likeness (QED) is 0.0208. The molecule has 0 aliphatic heterocycles. The molecular formula is C44H27BF20N2O2. The van der Waals surface area contributed by atoms with Crippen molar-refractivity contribution in [3.8, 4) is 0 Å². The predicted molar refractivity (Wildman–Crippen MR) is 203 cm³/mol. The van der Waals surface area contributed by atoms with Gasteiger partial charge in [-0.05, 0) is 6.42 Å². The molecule has 0 spiro atoms. The number of carbonyl (C=O) groups is 1. The minimum Gasteiger partial charge on any atom is -0.458 e. The molecule has 25 heteroatoms. The standard InChI is InChI=1S/C24BF20.C20H27N2O2/c26-5-1(6(27)14(35)21(42)13(5)34)25(2-7(28)15(36)22(43)16(37)8(2)29,3-9(30)17(38)23(44)18(39)10(3)31)4-11(32)19(40)24(45)20(41)12(4)33;1-2-3-4-5-6-10-15-24-20(23)19-16-21-13-14-22(19)17-18-11-8-7-9-12-18/h;7-9,11-14,16H,2-6,10,15,17H2,1H3/q-1;+1. The number of hydrogen-bond acceptors (Lipinski definition) is 3. The topological polar surface area (TPSA) is 43.1 Å². The summed E-state index contributed by atoms with van der Waals surface area (Å²) in [6.07, 6.45) is 4.92. The van der Waals surface area contributed by atoms with Gasteiger partial charge in [0.2, 0.25) is 0 Å². The Morgan fingerprint density at radius 3 is 1.13 bits per heavy atom. The van der Waals surface area contributed by atoms with Crippen molar-refractivity contribution in [2.75, 3.05) is 6.61 Å². The van der Waals surface area contributed by atoms with E-state index in [0.717, 1.165) is 18.4 Å². The summed E-state index contributed by atoms with van der Waals surface area (Å²) in [6, 6.07) is 10.1. The monoisotopic (exact) mass is 1010 g/mol. The first kappa shape index (κ1) is 53.3. The Balaban J connectivity index is 0.000000311. The van der Waals surface area contributed by atoms with Crippen LogP contribution in [-0.2, 0) is 11.3 Å². The van der Waals surface area contributed by atoms with Crippen LogP contribution in [0.1, 0.15) is 61.5 Å². The van der Waals surface area contributed by atoms with Crippen LogP contribution < -0.4 is 26.4 Å². The molecule has 1 aromatic heterocycles. The molecule has 6 rings (SSSR count). The van der Waals surface area contributed by atoms with Gasteiger partial charge in [0.25, 0.3) is 0 Å². The molecule has 0 amide bonds. The Labute approximate surface area is 375 Å². The fourth-order valence-corrected chi connectivity index (χ4v) is 7.47. The summed E-state index contributed by atoms with van der Waals surface area (Å²) in [5.74, 6) is -71.7. The minimum atomic E-state index is -7.22. The fraction of sp³-hybridized carbons (Fsp3) is 0.205. The maximum absolute atomic E-state index is 15.4. The summed E-state index contributed by atoms with van der Waals surface area (Å²) >= 11 is 0. The minimum absolute atomic E-state index is 0.299. The average Bonchev–Trinajstić information content (AvgIpc) is 3.34. The van der Waals surface area contributed by atoms with Crippen molar-refractivity contribution in [1.82, 2.24) is 4.98 Å². The first-order valence-corrected chi connectivity index (χ1v) is 19.8. The van der Waals surface area contributed by atoms with Crippen LogP contribution in [0.5, 0.6) is 0 Å². The molecular weight excluding hydrogens is 979 g/mol. The van der Waals surface area contributed by atoms with Crippen LogP contribution in [0.25, 0.3) is 0 Å². The van der Waals surface area contributed by atoms with E-state index < -0.39 is 144 Å². The predicted octanol–water partition coefficient (Wildman–Crippen LogP) is 9.78. The zero-order chi connectivity index (χ0) is 51.4. The Morgan fingerprint density at radius 1 is 0.464 bits per heavy atom. The van der Waals surface area contributed by atoms with Crippen LogP contribution in [0.2, 0.25) is 0 Å². The smallest absolute Gasteiger partial charge is 0.405 e. The molecule has 0 bridgehead atoms. The molecule has 0 radical (unpaired) electrons. The lowest BCUT2D eigenvalue weighted by molar-refractivity contribution is -0.691. The summed E-state index contributed by atoms with van der Waals surface area (Å²) in [4.78, 5) is 16.4. The lowest BCUT2D eigenvalue weighted by Crippen LogP contribution is -2.81. The maximum atomic E-state index is 15.4. The van der Waals surface area contributed by atoms with Gasteiger partial charge in [0.15, 0.2) is 82.5 Å². The highest BCUT2D eigenvalue weighted by Crippen LogP contribution is 2.31. The summed E-state index contributed by atoms with van der Waals surface area (Å²) in [5.41, 5.74) is -12.7. The van der Waals surface area contributed by atoms with E-state index in [9.17, 15) is 57.5 Å². The van der Waals surface area contributed by atoms with Gasteiger partial charge in [-0.25, -0.2) is 92.6 Å². The largest absolute Gasteiger partial charge is 0.458 e. The number of ether oxygens (including phenoxy) is 1. The van der Waals surface area contributed by atoms with Crippen LogP contribution in [-0.4, -0.2) is 23.7 Å². The van der Waals surface area contributed by atoms with E-state index >= 15 is 35.1 Å². The van der Waals surface area contributed by atoms with E-state index in [1.165, 1.54) is 25.7 Å². The third kappa shape index (κ3) is 9.68. The van der Waals surface area contributed by atoms with Gasteiger partial charge in [-0.15, -0.1) is 21.9 Å². The van der Waals surface area contributed by atoms with Gasteiger partial charge >= 0.3 is 11.7 Å². The van der Waals surface area contributed by atoms with Crippen LogP contribution in [0.15, 0.2) is 48.9 Å². The Kier molecular flexibility index (Phi) is 16.8. The first-order valence-electron chi connectivity index (χ1n) is 19.8. The van der Waals surface area contributed by atoms with Crippen molar-refractivity contribution in [3.05, 3.63) is 177 Å². The number of rotatable bonds is 14. The van der Waals surface area contributed by atoms with E-state index in [1.54, 1.807) is 12.4 Å². The lowest BCUT2D eigenvalue weighted by atomic mass is 9.12. The molecule has 0 atom stereocenters. The number of carbonyl (C=O) groups excluding carboxylic acids is 1. The van der Waals surface area contributed by atoms with Gasteiger partial charge in [-0.1, -0.05) is 69.4 Å². The molecule has 0 aliphatic carbocycles. The Bertz CT molecular complexity index is 2540. The number of halogens is 20. The molecule has 0 aliphatic rings. The second-order valence-corrected chi connectivity index (χ2v) is 14.8. The van der Waals surface area contributed by atoms with Gasteiger partial charge in [0, 0.05) is 5.56 Å². The zero-order valence-corrected chi connectivity index (χ0v) is 34.6. The van der Waals surface area contributed by atoms with E-state index in [4.69, 9.17) is 4.74 Å². The molecule has 4 nitrogen and oxygen atoms in total. The summed E-state index contributed by atoms with van der Waals surface area (Å²) in [7, 11) is 0. The number of aromatic nitrogens is 2. The maximum Gasteiger partial charge on any atom is 0.405 e. The second-order valence-electron chi connectivity index (χ2n) is 14.8. The molecule has 0 saturated carbocycles. The van der Waals surface area contributed by atoms with Crippen LogP contribution in [0, 0.1) is 116 Å². The number of unbranched alkanes of at least 4 members (excludes halogenated alkanes) is 5. The zero-order valence-electron chi connectivity index (χ0n) is 34.6. The summed E-state index contributed by atoms with van der Waals surface area (Å²) in [5, 5.41) is 0. The van der Waals surface area contributed by atoms with Crippen LogP contribution in [0.4, 0.5) is 87.8 Å². The normalized spacial score (nSPS) is 11.5. The average molecular weight is 1010 g/mol. The Morgan fingerprint density at radius 2 is 0.783 bits per heavy atom. The molecule has 5 aromatic carbocycles. The second kappa shape index (κ2) is 21.7. The van der Waals surface area contributed by atoms with Crippen molar-refractivity contribution in [2.45, 2.75) is 52.0 Å². The summed E-state index contributed by atoms with van der Waals surface area (Å²) < 4.78 is 301. The molecule has 0 N–H and O–H groups in total. The van der Waals surface area contributed by atoms with Gasteiger partial charge in [-0.3, -0.25) is 4.98 Å². The summed E-state index contributed by atoms with van der Waals surface area (Å²) in [6.45, 7) is 3.32. The van der Waals surface area contributed by atoms with Crippen molar-refractivity contribution < 1.29 is 102 Å². The highest BCUT2D eigenvalue weighted by atomic mass is 19.2. The van der Waals surface area contributed by atoms with E-state index in [2.05, 4.69) is 11.9 Å². The SMILES string of the molecule is CCCCCCCCOC(=O)c1cncc[n+]1Cc1ccccc1.Fc1c(F)c(F)c([B-](c2c(F)c(F)c(F)c(F)c2F)(c2c(F)c(F)c(F)c(F)c2F)c2c(F)c(F)c(F)c(F)c2F)c(F)c1F.